The molecule has 0 aromatic heterocycles. The Morgan fingerprint density at radius 3 is 2.55 bits per heavy atom. The minimum absolute atomic E-state index is 0.0295. The molecule has 0 aliphatic rings. The van der Waals surface area contributed by atoms with E-state index >= 15 is 0 Å². The molecule has 5 heteroatoms. The predicted molar refractivity (Wildman–Crippen MR) is 50.8 cm³/mol. The Hall–Kier alpha value is -0.360. The van der Waals surface area contributed by atoms with E-state index in [0.717, 1.165) is 3.57 Å². The monoisotopic (exact) mass is 283 g/mol. The van der Waals surface area contributed by atoms with E-state index in [0.29, 0.717) is 5.02 Å². The van der Waals surface area contributed by atoms with E-state index in [2.05, 4.69) is 0 Å². The van der Waals surface area contributed by atoms with Gasteiger partial charge in [-0.05, 0) is 28.7 Å². The SMILES string of the molecule is O=[N+]([O-])c1cc(Cl)cc(I)c1. The first-order valence-corrected chi connectivity index (χ1v) is 4.16. The molecule has 0 aliphatic carbocycles. The van der Waals surface area contributed by atoms with Crippen LogP contribution in [0.3, 0.4) is 0 Å². The molecule has 0 fully saturated rings. The zero-order valence-electron chi connectivity index (χ0n) is 5.25. The molecule has 0 radical (unpaired) electrons. The molecule has 1 aromatic rings. The van der Waals surface area contributed by atoms with E-state index in [1.165, 1.54) is 12.1 Å². The molecule has 0 atom stereocenters. The molecule has 1 aromatic carbocycles. The van der Waals surface area contributed by atoms with E-state index in [4.69, 9.17) is 11.6 Å². The summed E-state index contributed by atoms with van der Waals surface area (Å²) in [6, 6.07) is 4.45. The highest BCUT2D eigenvalue weighted by Crippen LogP contribution is 2.21. The zero-order chi connectivity index (χ0) is 8.43. The highest BCUT2D eigenvalue weighted by molar-refractivity contribution is 14.1. The van der Waals surface area contributed by atoms with Crippen LogP contribution in [0.4, 0.5) is 5.69 Å². The van der Waals surface area contributed by atoms with Gasteiger partial charge in [0.2, 0.25) is 0 Å². The molecule has 1 rings (SSSR count). The summed E-state index contributed by atoms with van der Waals surface area (Å²) >= 11 is 7.56. The number of nitro benzene ring substituents is 1. The number of nitro groups is 1. The second-order valence-electron chi connectivity index (χ2n) is 1.88. The average molecular weight is 283 g/mol. The van der Waals surface area contributed by atoms with Crippen LogP contribution in [0.15, 0.2) is 18.2 Å². The van der Waals surface area contributed by atoms with Crippen molar-refractivity contribution in [2.45, 2.75) is 0 Å². The maximum absolute atomic E-state index is 10.2. The smallest absolute Gasteiger partial charge is 0.258 e. The number of rotatable bonds is 1. The third-order valence-electron chi connectivity index (χ3n) is 1.06. The molecule has 0 saturated carbocycles. The number of benzene rings is 1. The van der Waals surface area contributed by atoms with Gasteiger partial charge < -0.3 is 0 Å². The second kappa shape index (κ2) is 3.36. The third kappa shape index (κ3) is 2.30. The third-order valence-corrected chi connectivity index (χ3v) is 1.90. The fraction of sp³-hybridized carbons (Fsp3) is 0. The molecule has 11 heavy (non-hydrogen) atoms. The molecule has 0 unspecified atom stereocenters. The van der Waals surface area contributed by atoms with Crippen LogP contribution in [0.5, 0.6) is 0 Å². The lowest BCUT2D eigenvalue weighted by molar-refractivity contribution is -0.384. The number of hydrogen-bond acceptors (Lipinski definition) is 2. The Balaban J connectivity index is 3.19. The van der Waals surface area contributed by atoms with Crippen molar-refractivity contribution in [1.82, 2.24) is 0 Å². The lowest BCUT2D eigenvalue weighted by Crippen LogP contribution is -1.87. The summed E-state index contributed by atoms with van der Waals surface area (Å²) in [5, 5.41) is 10.6. The maximum Gasteiger partial charge on any atom is 0.271 e. The molecule has 0 saturated heterocycles. The van der Waals surface area contributed by atoms with Crippen LogP contribution in [0.1, 0.15) is 0 Å². The van der Waals surface area contributed by atoms with E-state index in [9.17, 15) is 10.1 Å². The van der Waals surface area contributed by atoms with Crippen LogP contribution in [0.2, 0.25) is 5.02 Å². The average Bonchev–Trinajstić information content (AvgIpc) is 1.85. The van der Waals surface area contributed by atoms with E-state index in [-0.39, 0.29) is 5.69 Å². The summed E-state index contributed by atoms with van der Waals surface area (Å²) in [5.41, 5.74) is 0.0295. The predicted octanol–water partition coefficient (Wildman–Crippen LogP) is 2.85. The first-order chi connectivity index (χ1) is 5.09. The normalized spacial score (nSPS) is 9.64. The van der Waals surface area contributed by atoms with Gasteiger partial charge in [-0.1, -0.05) is 11.6 Å². The first-order valence-electron chi connectivity index (χ1n) is 2.70. The molecule has 0 heterocycles. The summed E-state index contributed by atoms with van der Waals surface area (Å²) < 4.78 is 0.766. The Morgan fingerprint density at radius 2 is 2.09 bits per heavy atom. The lowest BCUT2D eigenvalue weighted by atomic mass is 10.3. The van der Waals surface area contributed by atoms with Gasteiger partial charge in [-0.3, -0.25) is 10.1 Å². The maximum atomic E-state index is 10.2. The fourth-order valence-corrected chi connectivity index (χ4v) is 1.71. The number of non-ortho nitro benzene ring substituents is 1. The van der Waals surface area contributed by atoms with Gasteiger partial charge in [0.15, 0.2) is 0 Å². The van der Waals surface area contributed by atoms with Crippen molar-refractivity contribution in [2.75, 3.05) is 0 Å². The van der Waals surface area contributed by atoms with Crippen molar-refractivity contribution in [3.63, 3.8) is 0 Å². The lowest BCUT2D eigenvalue weighted by Gasteiger charge is -1.93. The Bertz CT molecular complexity index is 282. The number of nitrogens with zero attached hydrogens (tertiary/aromatic N) is 1. The Kier molecular flexibility index (Phi) is 2.67. The molecular weight excluding hydrogens is 280 g/mol. The summed E-state index contributed by atoms with van der Waals surface area (Å²) in [4.78, 5) is 9.78. The van der Waals surface area contributed by atoms with Crippen LogP contribution in [0, 0.1) is 13.7 Å². The largest absolute Gasteiger partial charge is 0.271 e. The molecular formula is C6H3ClINO2. The van der Waals surface area contributed by atoms with Crippen molar-refractivity contribution >= 4 is 39.9 Å². The Morgan fingerprint density at radius 1 is 1.45 bits per heavy atom. The van der Waals surface area contributed by atoms with Crippen molar-refractivity contribution in [3.8, 4) is 0 Å². The van der Waals surface area contributed by atoms with Gasteiger partial charge in [0, 0.05) is 20.7 Å². The molecule has 0 spiro atoms. The van der Waals surface area contributed by atoms with E-state index < -0.39 is 4.92 Å². The van der Waals surface area contributed by atoms with E-state index in [1.807, 2.05) is 22.6 Å². The fourth-order valence-electron chi connectivity index (χ4n) is 0.645. The molecule has 3 nitrogen and oxygen atoms in total. The van der Waals surface area contributed by atoms with Gasteiger partial charge in [0.1, 0.15) is 0 Å². The van der Waals surface area contributed by atoms with Crippen LogP contribution in [-0.4, -0.2) is 4.92 Å². The summed E-state index contributed by atoms with van der Waals surface area (Å²) in [6.07, 6.45) is 0. The summed E-state index contributed by atoms with van der Waals surface area (Å²) in [7, 11) is 0. The number of hydrogen-bond donors (Lipinski definition) is 0. The molecule has 0 aliphatic heterocycles. The van der Waals surface area contributed by atoms with Gasteiger partial charge in [-0.25, -0.2) is 0 Å². The topological polar surface area (TPSA) is 43.1 Å². The highest BCUT2D eigenvalue weighted by Gasteiger charge is 2.06. The second-order valence-corrected chi connectivity index (χ2v) is 3.57. The zero-order valence-corrected chi connectivity index (χ0v) is 8.17. The van der Waals surface area contributed by atoms with Crippen LogP contribution in [-0.2, 0) is 0 Å². The van der Waals surface area contributed by atoms with Gasteiger partial charge in [0.25, 0.3) is 5.69 Å². The van der Waals surface area contributed by atoms with Crippen molar-refractivity contribution in [1.29, 1.82) is 0 Å². The highest BCUT2D eigenvalue weighted by atomic mass is 127. The van der Waals surface area contributed by atoms with Crippen molar-refractivity contribution in [3.05, 3.63) is 36.9 Å². The summed E-state index contributed by atoms with van der Waals surface area (Å²) in [5.74, 6) is 0. The minimum atomic E-state index is -0.464. The Labute approximate surface area is 81.6 Å². The summed E-state index contributed by atoms with van der Waals surface area (Å²) in [6.45, 7) is 0. The van der Waals surface area contributed by atoms with E-state index in [1.54, 1.807) is 6.07 Å². The van der Waals surface area contributed by atoms with Crippen LogP contribution in [0.25, 0.3) is 0 Å². The van der Waals surface area contributed by atoms with Gasteiger partial charge in [-0.2, -0.15) is 0 Å². The molecule has 0 amide bonds. The molecule has 0 bridgehead atoms. The number of halogens is 2. The molecule has 0 N–H and O–H groups in total. The standard InChI is InChI=1S/C6H3ClINO2/c7-4-1-5(8)3-6(2-4)9(10)11/h1-3H. The van der Waals surface area contributed by atoms with Crippen LogP contribution >= 0.6 is 34.2 Å². The van der Waals surface area contributed by atoms with Crippen molar-refractivity contribution < 1.29 is 4.92 Å². The van der Waals surface area contributed by atoms with Crippen molar-refractivity contribution in [2.24, 2.45) is 0 Å². The van der Waals surface area contributed by atoms with Crippen LogP contribution < -0.4 is 0 Å². The quantitative estimate of drug-likeness (QED) is 0.452. The molecule has 58 valence electrons. The first kappa shape index (κ1) is 8.73. The van der Waals surface area contributed by atoms with Gasteiger partial charge in [0.05, 0.1) is 4.92 Å². The minimum Gasteiger partial charge on any atom is -0.258 e. The van der Waals surface area contributed by atoms with Gasteiger partial charge >= 0.3 is 0 Å². The van der Waals surface area contributed by atoms with Gasteiger partial charge in [-0.15, -0.1) is 0 Å².